The zero-order chi connectivity index (χ0) is 14.3. The van der Waals surface area contributed by atoms with Gasteiger partial charge in [0.25, 0.3) is 0 Å². The van der Waals surface area contributed by atoms with Gasteiger partial charge < -0.3 is 5.32 Å². The Labute approximate surface area is 115 Å². The third-order valence-electron chi connectivity index (χ3n) is 2.69. The molecule has 0 aliphatic heterocycles. The van der Waals surface area contributed by atoms with Gasteiger partial charge >= 0.3 is 0 Å². The fourth-order valence-corrected chi connectivity index (χ4v) is 2.90. The molecule has 1 aromatic rings. The van der Waals surface area contributed by atoms with Gasteiger partial charge in [-0.3, -0.25) is 0 Å². The Morgan fingerprint density at radius 3 is 2.42 bits per heavy atom. The number of sulfonamides is 1. The van der Waals surface area contributed by atoms with Crippen molar-refractivity contribution in [2.24, 2.45) is 0 Å². The third-order valence-corrected chi connectivity index (χ3v) is 4.18. The highest BCUT2D eigenvalue weighted by atomic mass is 32.2. The van der Waals surface area contributed by atoms with Crippen LogP contribution in [0.1, 0.15) is 25.3 Å². The van der Waals surface area contributed by atoms with Crippen LogP contribution in [0.2, 0.25) is 0 Å². The van der Waals surface area contributed by atoms with Crippen LogP contribution in [-0.2, 0) is 16.6 Å². The van der Waals surface area contributed by atoms with Crippen LogP contribution in [0.4, 0.5) is 0 Å². The van der Waals surface area contributed by atoms with Crippen LogP contribution in [-0.4, -0.2) is 21.5 Å². The smallest absolute Gasteiger partial charge is 0.241 e. The van der Waals surface area contributed by atoms with E-state index in [9.17, 15) is 8.42 Å². The topological polar surface area (TPSA) is 58.2 Å². The first-order valence-electron chi connectivity index (χ1n) is 6.25. The molecule has 0 saturated heterocycles. The predicted octanol–water partition coefficient (Wildman–Crippen LogP) is 1.49. The van der Waals surface area contributed by atoms with Crippen molar-refractivity contribution in [2.75, 3.05) is 7.05 Å². The van der Waals surface area contributed by atoms with Crippen molar-refractivity contribution < 1.29 is 8.42 Å². The van der Waals surface area contributed by atoms with Gasteiger partial charge in [0.2, 0.25) is 10.0 Å². The molecule has 0 bridgehead atoms. The Bertz CT molecular complexity index is 530. The van der Waals surface area contributed by atoms with E-state index in [1.54, 1.807) is 24.3 Å². The van der Waals surface area contributed by atoms with Crippen molar-refractivity contribution in [3.63, 3.8) is 0 Å². The summed E-state index contributed by atoms with van der Waals surface area (Å²) in [7, 11) is -1.70. The Morgan fingerprint density at radius 1 is 1.32 bits per heavy atom. The summed E-state index contributed by atoms with van der Waals surface area (Å²) in [4.78, 5) is 0.240. The van der Waals surface area contributed by atoms with Gasteiger partial charge in [-0.05, 0) is 31.2 Å². The van der Waals surface area contributed by atoms with Crippen LogP contribution in [0.25, 0.3) is 0 Å². The second-order valence-corrected chi connectivity index (χ2v) is 6.02. The monoisotopic (exact) mass is 280 g/mol. The summed E-state index contributed by atoms with van der Waals surface area (Å²) in [5.41, 5.74) is 1.03. The van der Waals surface area contributed by atoms with Crippen LogP contribution < -0.4 is 10.0 Å². The Kier molecular flexibility index (Phi) is 6.03. The third kappa shape index (κ3) is 4.67. The van der Waals surface area contributed by atoms with Gasteiger partial charge in [0.05, 0.1) is 10.9 Å². The molecule has 1 rings (SSSR count). The molecular weight excluding hydrogens is 260 g/mol. The lowest BCUT2D eigenvalue weighted by Crippen LogP contribution is -2.33. The molecule has 5 heteroatoms. The number of benzene rings is 1. The minimum atomic E-state index is -3.54. The molecule has 104 valence electrons. The second-order valence-electron chi connectivity index (χ2n) is 4.30. The number of terminal acetylenes is 1. The molecule has 0 amide bonds. The van der Waals surface area contributed by atoms with Crippen molar-refractivity contribution in [3.05, 3.63) is 29.8 Å². The summed E-state index contributed by atoms with van der Waals surface area (Å²) in [6.07, 6.45) is 6.79. The van der Waals surface area contributed by atoms with Gasteiger partial charge in [-0.15, -0.1) is 6.42 Å². The first-order chi connectivity index (χ1) is 9.03. The fourth-order valence-electron chi connectivity index (χ4n) is 1.71. The van der Waals surface area contributed by atoms with Crippen LogP contribution in [0, 0.1) is 12.3 Å². The Balaban J connectivity index is 2.85. The highest BCUT2D eigenvalue weighted by molar-refractivity contribution is 7.89. The maximum Gasteiger partial charge on any atom is 0.241 e. The summed E-state index contributed by atoms with van der Waals surface area (Å²) in [5.74, 6) is 2.46. The molecule has 2 N–H and O–H groups in total. The lowest BCUT2D eigenvalue weighted by Gasteiger charge is -2.12. The Morgan fingerprint density at radius 2 is 1.95 bits per heavy atom. The summed E-state index contributed by atoms with van der Waals surface area (Å²) >= 11 is 0. The van der Waals surface area contributed by atoms with E-state index in [-0.39, 0.29) is 4.90 Å². The van der Waals surface area contributed by atoms with Gasteiger partial charge in [0, 0.05) is 6.54 Å². The van der Waals surface area contributed by atoms with Gasteiger partial charge in [-0.1, -0.05) is 31.4 Å². The van der Waals surface area contributed by atoms with E-state index in [1.165, 1.54) is 0 Å². The number of hydrogen-bond acceptors (Lipinski definition) is 3. The van der Waals surface area contributed by atoms with Gasteiger partial charge in [0.15, 0.2) is 0 Å². The predicted molar refractivity (Wildman–Crippen MR) is 77.1 cm³/mol. The molecule has 0 spiro atoms. The van der Waals surface area contributed by atoms with E-state index in [2.05, 4.69) is 16.0 Å². The second kappa shape index (κ2) is 7.29. The first kappa shape index (κ1) is 15.7. The average molecular weight is 280 g/mol. The van der Waals surface area contributed by atoms with E-state index >= 15 is 0 Å². The highest BCUT2D eigenvalue weighted by Gasteiger charge is 2.17. The Hall–Kier alpha value is -1.35. The molecule has 1 aromatic carbocycles. The number of rotatable bonds is 7. The molecule has 0 heterocycles. The minimum absolute atomic E-state index is 0.240. The van der Waals surface area contributed by atoms with Crippen molar-refractivity contribution in [1.82, 2.24) is 10.0 Å². The lowest BCUT2D eigenvalue weighted by molar-refractivity contribution is 0.564. The van der Waals surface area contributed by atoms with E-state index in [0.29, 0.717) is 13.0 Å². The summed E-state index contributed by atoms with van der Waals surface area (Å²) in [6, 6.07) is 6.31. The zero-order valence-corrected chi connectivity index (χ0v) is 12.1. The molecule has 19 heavy (non-hydrogen) atoms. The standard InChI is InChI=1S/C14H20N2O2S/c1-4-6-13(5-2)16-19(17,18)14-9-7-12(8-10-14)11-15-3/h2,7-10,13,15-16H,4,6,11H2,1,3H3. The molecule has 0 aliphatic carbocycles. The maximum atomic E-state index is 12.1. The largest absolute Gasteiger partial charge is 0.316 e. The van der Waals surface area contributed by atoms with E-state index < -0.39 is 16.1 Å². The van der Waals surface area contributed by atoms with Crippen LogP contribution in [0.5, 0.6) is 0 Å². The van der Waals surface area contributed by atoms with Crippen molar-refractivity contribution >= 4 is 10.0 Å². The fraction of sp³-hybridized carbons (Fsp3) is 0.429. The van der Waals surface area contributed by atoms with Gasteiger partial charge in [-0.25, -0.2) is 8.42 Å². The van der Waals surface area contributed by atoms with Crippen molar-refractivity contribution in [2.45, 2.75) is 37.2 Å². The maximum absolute atomic E-state index is 12.1. The summed E-state index contributed by atoms with van der Waals surface area (Å²) in [5, 5.41) is 3.01. The SMILES string of the molecule is C#CC(CCC)NS(=O)(=O)c1ccc(CNC)cc1. The number of nitrogens with one attached hydrogen (secondary N) is 2. The van der Waals surface area contributed by atoms with Crippen LogP contribution in [0.15, 0.2) is 29.2 Å². The normalized spacial score (nSPS) is 12.9. The summed E-state index contributed by atoms with van der Waals surface area (Å²) in [6.45, 7) is 2.67. The quantitative estimate of drug-likeness (QED) is 0.744. The first-order valence-corrected chi connectivity index (χ1v) is 7.73. The van der Waals surface area contributed by atoms with Crippen molar-refractivity contribution in [1.29, 1.82) is 0 Å². The molecule has 0 fully saturated rings. The van der Waals surface area contributed by atoms with E-state index in [1.807, 2.05) is 14.0 Å². The van der Waals surface area contributed by atoms with E-state index in [4.69, 9.17) is 6.42 Å². The molecule has 0 saturated carbocycles. The molecule has 1 unspecified atom stereocenters. The molecule has 0 radical (unpaired) electrons. The molecule has 0 aromatic heterocycles. The summed E-state index contributed by atoms with van der Waals surface area (Å²) < 4.78 is 26.8. The van der Waals surface area contributed by atoms with Crippen LogP contribution >= 0.6 is 0 Å². The van der Waals surface area contributed by atoms with E-state index in [0.717, 1.165) is 12.0 Å². The van der Waals surface area contributed by atoms with Gasteiger partial charge in [-0.2, -0.15) is 4.72 Å². The minimum Gasteiger partial charge on any atom is -0.316 e. The van der Waals surface area contributed by atoms with Crippen molar-refractivity contribution in [3.8, 4) is 12.3 Å². The zero-order valence-electron chi connectivity index (χ0n) is 11.3. The molecule has 0 aliphatic rings. The highest BCUT2D eigenvalue weighted by Crippen LogP contribution is 2.12. The number of hydrogen-bond donors (Lipinski definition) is 2. The van der Waals surface area contributed by atoms with Gasteiger partial charge in [0.1, 0.15) is 0 Å². The lowest BCUT2D eigenvalue weighted by atomic mass is 10.2. The average Bonchev–Trinajstić information content (AvgIpc) is 2.39. The van der Waals surface area contributed by atoms with Crippen LogP contribution in [0.3, 0.4) is 0 Å². The molecule has 1 atom stereocenters. The molecule has 4 nitrogen and oxygen atoms in total. The molecular formula is C14H20N2O2S.